The average Bonchev–Trinajstić information content (AvgIpc) is 2.78. The van der Waals surface area contributed by atoms with Gasteiger partial charge in [0.15, 0.2) is 11.5 Å². The molecule has 0 aliphatic heterocycles. The molecule has 0 N–H and O–H groups in total. The molecule has 4 nitrogen and oxygen atoms in total. The molecule has 0 bridgehead atoms. The summed E-state index contributed by atoms with van der Waals surface area (Å²) in [6.07, 6.45) is 15.4. The van der Waals surface area contributed by atoms with Gasteiger partial charge in [-0.15, -0.1) is 0 Å². The average molecular weight is 469 g/mol. The van der Waals surface area contributed by atoms with E-state index in [-0.39, 0.29) is 12.6 Å². The standard InChI is InChI=1S/C30H44O4/c1-22(2)12-9-13-23(3)14-10-15-24(4)16-11-17-25(5)18-19-34-30(31)27-20-26(6)29(33-8)28(21-27)32-7/h12,14,16,18,20-21H,9-11,13,15,17,19H2,1-8H3/b23-14+,24-16+,25-18+. The van der Waals surface area contributed by atoms with Crippen molar-refractivity contribution < 1.29 is 19.0 Å². The Morgan fingerprint density at radius 1 is 0.765 bits per heavy atom. The van der Waals surface area contributed by atoms with E-state index in [0.717, 1.165) is 44.1 Å². The third kappa shape index (κ3) is 11.4. The highest BCUT2D eigenvalue weighted by molar-refractivity contribution is 5.90. The zero-order chi connectivity index (χ0) is 25.5. The summed E-state index contributed by atoms with van der Waals surface area (Å²) in [4.78, 5) is 12.4. The number of carbonyl (C=O) groups is 1. The minimum absolute atomic E-state index is 0.261. The van der Waals surface area contributed by atoms with Crippen LogP contribution < -0.4 is 9.47 Å². The molecule has 4 heteroatoms. The Labute approximate surface area is 207 Å². The second kappa shape index (κ2) is 16.0. The molecule has 0 aliphatic carbocycles. The van der Waals surface area contributed by atoms with Gasteiger partial charge in [-0.05, 0) is 104 Å². The zero-order valence-electron chi connectivity index (χ0n) is 22.5. The van der Waals surface area contributed by atoms with Crippen molar-refractivity contribution in [3.63, 3.8) is 0 Å². The van der Waals surface area contributed by atoms with E-state index in [1.54, 1.807) is 26.4 Å². The molecule has 0 amide bonds. The topological polar surface area (TPSA) is 44.8 Å². The molecule has 188 valence electrons. The van der Waals surface area contributed by atoms with Crippen LogP contribution in [0.15, 0.2) is 58.7 Å². The number of esters is 1. The lowest BCUT2D eigenvalue weighted by molar-refractivity contribution is 0.0548. The number of allylic oxidation sites excluding steroid dienone is 7. The quantitative estimate of drug-likeness (QED) is 0.203. The molecule has 0 saturated carbocycles. The first kappa shape index (κ1) is 29.3. The maximum atomic E-state index is 12.4. The van der Waals surface area contributed by atoms with Crippen LogP contribution >= 0.6 is 0 Å². The number of hydrogen-bond donors (Lipinski definition) is 0. The minimum atomic E-state index is -0.368. The monoisotopic (exact) mass is 468 g/mol. The normalized spacial score (nSPS) is 12.4. The number of ether oxygens (including phenoxy) is 3. The lowest BCUT2D eigenvalue weighted by Gasteiger charge is -2.12. The summed E-state index contributed by atoms with van der Waals surface area (Å²) in [6, 6.07) is 3.41. The summed E-state index contributed by atoms with van der Waals surface area (Å²) in [7, 11) is 3.14. The second-order valence-electron chi connectivity index (χ2n) is 9.18. The Hall–Kier alpha value is -2.75. The summed E-state index contributed by atoms with van der Waals surface area (Å²) in [5.74, 6) is 0.787. The van der Waals surface area contributed by atoms with Crippen LogP contribution in [0, 0.1) is 6.92 Å². The molecular weight excluding hydrogens is 424 g/mol. The van der Waals surface area contributed by atoms with E-state index in [0.29, 0.717) is 17.1 Å². The van der Waals surface area contributed by atoms with Crippen molar-refractivity contribution in [2.45, 2.75) is 80.1 Å². The molecule has 0 spiro atoms. The molecule has 0 heterocycles. The van der Waals surface area contributed by atoms with Gasteiger partial charge in [-0.3, -0.25) is 0 Å². The van der Waals surface area contributed by atoms with Gasteiger partial charge in [0, 0.05) is 0 Å². The maximum absolute atomic E-state index is 12.4. The predicted octanol–water partition coefficient (Wildman–Crippen LogP) is 8.31. The van der Waals surface area contributed by atoms with Crippen LogP contribution in [0.3, 0.4) is 0 Å². The van der Waals surface area contributed by atoms with Gasteiger partial charge in [-0.25, -0.2) is 4.79 Å². The van der Waals surface area contributed by atoms with E-state index >= 15 is 0 Å². The number of carbonyl (C=O) groups excluding carboxylic acids is 1. The van der Waals surface area contributed by atoms with E-state index in [4.69, 9.17) is 14.2 Å². The zero-order valence-corrected chi connectivity index (χ0v) is 22.5. The Bertz CT molecular complexity index is 912. The van der Waals surface area contributed by atoms with Crippen LogP contribution in [0.4, 0.5) is 0 Å². The van der Waals surface area contributed by atoms with Gasteiger partial charge in [0.25, 0.3) is 0 Å². The Kier molecular flexibility index (Phi) is 13.8. The van der Waals surface area contributed by atoms with E-state index in [9.17, 15) is 4.79 Å². The molecule has 0 aromatic heterocycles. The smallest absolute Gasteiger partial charge is 0.338 e. The Balaban J connectivity index is 2.42. The van der Waals surface area contributed by atoms with Crippen molar-refractivity contribution in [1.82, 2.24) is 0 Å². The summed E-state index contributed by atoms with van der Waals surface area (Å²) in [6.45, 7) is 13.0. The maximum Gasteiger partial charge on any atom is 0.338 e. The highest BCUT2D eigenvalue weighted by Gasteiger charge is 2.14. The number of benzene rings is 1. The number of aryl methyl sites for hydroxylation is 1. The minimum Gasteiger partial charge on any atom is -0.493 e. The van der Waals surface area contributed by atoms with Crippen molar-refractivity contribution in [3.8, 4) is 11.5 Å². The predicted molar refractivity (Wildman–Crippen MR) is 143 cm³/mol. The van der Waals surface area contributed by atoms with Crippen LogP contribution in [-0.2, 0) is 4.74 Å². The van der Waals surface area contributed by atoms with Crippen LogP contribution in [0.25, 0.3) is 0 Å². The molecule has 0 unspecified atom stereocenters. The SMILES string of the molecule is COc1cc(C(=O)OC/C=C(\C)CC/C=C(\C)CC/C=C(\C)CCC=C(C)C)cc(C)c1OC. The van der Waals surface area contributed by atoms with Gasteiger partial charge in [0.1, 0.15) is 6.61 Å². The number of rotatable bonds is 14. The molecule has 0 aliphatic rings. The third-order valence-electron chi connectivity index (χ3n) is 5.70. The van der Waals surface area contributed by atoms with E-state index in [1.165, 1.54) is 22.3 Å². The van der Waals surface area contributed by atoms with Crippen LogP contribution in [-0.4, -0.2) is 26.8 Å². The highest BCUT2D eigenvalue weighted by Crippen LogP contribution is 2.32. The van der Waals surface area contributed by atoms with Crippen molar-refractivity contribution in [1.29, 1.82) is 0 Å². The molecule has 1 aromatic rings. The first-order chi connectivity index (χ1) is 16.2. The van der Waals surface area contributed by atoms with E-state index < -0.39 is 0 Å². The van der Waals surface area contributed by atoms with Crippen LogP contribution in [0.1, 0.15) is 89.1 Å². The summed E-state index contributed by atoms with van der Waals surface area (Å²) < 4.78 is 16.1. The van der Waals surface area contributed by atoms with Gasteiger partial charge in [-0.2, -0.15) is 0 Å². The summed E-state index contributed by atoms with van der Waals surface area (Å²) >= 11 is 0. The first-order valence-electron chi connectivity index (χ1n) is 12.2. The molecule has 0 atom stereocenters. The first-order valence-corrected chi connectivity index (χ1v) is 12.2. The van der Waals surface area contributed by atoms with Gasteiger partial charge in [-0.1, -0.05) is 40.5 Å². The van der Waals surface area contributed by atoms with E-state index in [2.05, 4.69) is 52.8 Å². The summed E-state index contributed by atoms with van der Waals surface area (Å²) in [5, 5.41) is 0. The third-order valence-corrected chi connectivity index (χ3v) is 5.70. The highest BCUT2D eigenvalue weighted by atomic mass is 16.5. The molecule has 0 radical (unpaired) electrons. The number of methoxy groups -OCH3 is 2. The molecular formula is C30H44O4. The van der Waals surface area contributed by atoms with Gasteiger partial charge >= 0.3 is 5.97 Å². The van der Waals surface area contributed by atoms with E-state index in [1.807, 2.05) is 13.0 Å². The fourth-order valence-corrected chi connectivity index (χ4v) is 3.60. The molecule has 0 saturated heterocycles. The summed E-state index contributed by atoms with van der Waals surface area (Å²) in [5.41, 5.74) is 6.80. The molecule has 34 heavy (non-hydrogen) atoms. The fourth-order valence-electron chi connectivity index (χ4n) is 3.60. The van der Waals surface area contributed by atoms with Crippen LogP contribution in [0.2, 0.25) is 0 Å². The van der Waals surface area contributed by atoms with Gasteiger partial charge in [0.05, 0.1) is 19.8 Å². The van der Waals surface area contributed by atoms with Gasteiger partial charge < -0.3 is 14.2 Å². The van der Waals surface area contributed by atoms with Gasteiger partial charge in [0.2, 0.25) is 0 Å². The Morgan fingerprint density at radius 2 is 1.29 bits per heavy atom. The fraction of sp³-hybridized carbons (Fsp3) is 0.500. The molecule has 1 aromatic carbocycles. The van der Waals surface area contributed by atoms with Crippen LogP contribution in [0.5, 0.6) is 11.5 Å². The van der Waals surface area contributed by atoms with Crippen molar-refractivity contribution in [2.75, 3.05) is 20.8 Å². The van der Waals surface area contributed by atoms with Crippen molar-refractivity contribution in [2.24, 2.45) is 0 Å². The molecule has 1 rings (SSSR count). The second-order valence-corrected chi connectivity index (χ2v) is 9.18. The molecule has 0 fully saturated rings. The van der Waals surface area contributed by atoms with Crippen molar-refractivity contribution in [3.05, 3.63) is 69.9 Å². The number of hydrogen-bond acceptors (Lipinski definition) is 4. The largest absolute Gasteiger partial charge is 0.493 e. The van der Waals surface area contributed by atoms with Crippen molar-refractivity contribution >= 4 is 5.97 Å². The lowest BCUT2D eigenvalue weighted by atomic mass is 10.0. The Morgan fingerprint density at radius 3 is 1.79 bits per heavy atom. The lowest BCUT2D eigenvalue weighted by Crippen LogP contribution is -2.07.